The van der Waals surface area contributed by atoms with Crippen LogP contribution in [0.25, 0.3) is 0 Å². The van der Waals surface area contributed by atoms with Gasteiger partial charge in [-0.05, 0) is 13.3 Å². The molecule has 0 saturated carbocycles. The number of amides is 3. The van der Waals surface area contributed by atoms with Gasteiger partial charge in [0.1, 0.15) is 0 Å². The number of urea groups is 1. The summed E-state index contributed by atoms with van der Waals surface area (Å²) < 4.78 is 0. The van der Waals surface area contributed by atoms with Gasteiger partial charge in [-0.2, -0.15) is 0 Å². The first kappa shape index (κ1) is 15.2. The monoisotopic (exact) mass is 323 g/mol. The van der Waals surface area contributed by atoms with Crippen molar-refractivity contribution in [1.29, 1.82) is 0 Å². The third kappa shape index (κ3) is 3.22. The lowest BCUT2D eigenvalue weighted by Gasteiger charge is -2.33. The van der Waals surface area contributed by atoms with Gasteiger partial charge in [-0.1, -0.05) is 0 Å². The molecule has 120 valence electrons. The quantitative estimate of drug-likeness (QED) is 0.845. The molecule has 2 saturated heterocycles. The Labute approximate surface area is 133 Å². The van der Waals surface area contributed by atoms with Gasteiger partial charge in [0.15, 0.2) is 5.13 Å². The van der Waals surface area contributed by atoms with Crippen LogP contribution in [0.5, 0.6) is 0 Å². The Morgan fingerprint density at radius 3 is 3.09 bits per heavy atom. The lowest BCUT2D eigenvalue weighted by atomic mass is 10.2. The smallest absolute Gasteiger partial charge is 0.323 e. The molecule has 2 fully saturated rings. The minimum atomic E-state index is -0.103. The van der Waals surface area contributed by atoms with E-state index in [9.17, 15) is 9.59 Å². The van der Waals surface area contributed by atoms with E-state index in [2.05, 4.69) is 22.5 Å². The first-order valence-corrected chi connectivity index (χ1v) is 8.53. The zero-order valence-corrected chi connectivity index (χ0v) is 13.5. The Bertz CT molecular complexity index is 561. The number of aromatic nitrogens is 1. The first-order valence-electron chi connectivity index (χ1n) is 7.65. The minimum absolute atomic E-state index is 0.103. The number of carbonyl (C=O) groups excluding carboxylic acids is 2. The molecule has 1 aromatic rings. The first-order chi connectivity index (χ1) is 10.6. The van der Waals surface area contributed by atoms with E-state index in [1.165, 1.54) is 11.3 Å². The van der Waals surface area contributed by atoms with Gasteiger partial charge in [0.25, 0.3) is 0 Å². The van der Waals surface area contributed by atoms with Gasteiger partial charge >= 0.3 is 6.03 Å². The van der Waals surface area contributed by atoms with Crippen molar-refractivity contribution in [1.82, 2.24) is 20.5 Å². The van der Waals surface area contributed by atoms with Crippen LogP contribution in [0.15, 0.2) is 5.38 Å². The van der Waals surface area contributed by atoms with Crippen LogP contribution in [0.4, 0.5) is 9.93 Å². The lowest BCUT2D eigenvalue weighted by Crippen LogP contribution is -2.52. The van der Waals surface area contributed by atoms with E-state index in [4.69, 9.17) is 0 Å². The molecule has 0 spiro atoms. The van der Waals surface area contributed by atoms with Crippen LogP contribution in [-0.2, 0) is 11.2 Å². The molecular weight excluding hydrogens is 302 g/mol. The maximum Gasteiger partial charge on any atom is 0.323 e. The highest BCUT2D eigenvalue weighted by Crippen LogP contribution is 2.23. The highest BCUT2D eigenvalue weighted by molar-refractivity contribution is 7.14. The van der Waals surface area contributed by atoms with E-state index >= 15 is 0 Å². The Kier molecular flexibility index (Phi) is 4.58. The summed E-state index contributed by atoms with van der Waals surface area (Å²) in [6, 6.07) is 0.112. The topological polar surface area (TPSA) is 77.6 Å². The molecule has 0 aliphatic carbocycles. The zero-order chi connectivity index (χ0) is 15.5. The summed E-state index contributed by atoms with van der Waals surface area (Å²) in [6.45, 7) is 5.86. The van der Waals surface area contributed by atoms with Crippen LogP contribution in [0, 0.1) is 0 Å². The van der Waals surface area contributed by atoms with E-state index in [0.717, 1.165) is 31.7 Å². The Balaban J connectivity index is 1.63. The molecule has 1 aromatic heterocycles. The largest absolute Gasteiger partial charge is 0.338 e. The third-order valence-corrected chi connectivity index (χ3v) is 4.92. The van der Waals surface area contributed by atoms with E-state index in [1.54, 1.807) is 4.90 Å². The molecule has 2 aliphatic heterocycles. The van der Waals surface area contributed by atoms with Crippen LogP contribution in [0.2, 0.25) is 0 Å². The summed E-state index contributed by atoms with van der Waals surface area (Å²) in [5, 5.41) is 8.64. The predicted molar refractivity (Wildman–Crippen MR) is 85.2 cm³/mol. The second-order valence-corrected chi connectivity index (χ2v) is 6.51. The summed E-state index contributed by atoms with van der Waals surface area (Å²) in [5.74, 6) is 0.106. The Morgan fingerprint density at radius 2 is 2.32 bits per heavy atom. The average Bonchev–Trinajstić information content (AvgIpc) is 2.96. The molecule has 8 heteroatoms. The van der Waals surface area contributed by atoms with E-state index < -0.39 is 0 Å². The van der Waals surface area contributed by atoms with Crippen molar-refractivity contribution in [2.75, 3.05) is 37.6 Å². The molecule has 22 heavy (non-hydrogen) atoms. The van der Waals surface area contributed by atoms with Crippen LogP contribution >= 0.6 is 11.3 Å². The summed E-state index contributed by atoms with van der Waals surface area (Å²) in [4.78, 5) is 32.2. The van der Waals surface area contributed by atoms with Gasteiger partial charge in [0, 0.05) is 44.1 Å². The maximum atomic E-state index is 12.4. The summed E-state index contributed by atoms with van der Waals surface area (Å²) >= 11 is 1.42. The normalized spacial score (nSPS) is 22.6. The molecule has 0 radical (unpaired) electrons. The number of carbonyl (C=O) groups is 2. The number of anilines is 1. The van der Waals surface area contributed by atoms with E-state index in [1.807, 2.05) is 10.3 Å². The molecular formula is C14H21N5O2S. The van der Waals surface area contributed by atoms with Crippen LogP contribution in [-0.4, -0.2) is 60.6 Å². The van der Waals surface area contributed by atoms with E-state index in [-0.39, 0.29) is 18.0 Å². The molecule has 2 aliphatic rings. The number of thiazole rings is 1. The van der Waals surface area contributed by atoms with Crippen molar-refractivity contribution in [2.45, 2.75) is 25.8 Å². The molecule has 2 N–H and O–H groups in total. The van der Waals surface area contributed by atoms with Crippen molar-refractivity contribution < 1.29 is 9.59 Å². The van der Waals surface area contributed by atoms with Crippen molar-refractivity contribution in [3.63, 3.8) is 0 Å². The van der Waals surface area contributed by atoms with Gasteiger partial charge in [-0.3, -0.25) is 9.69 Å². The summed E-state index contributed by atoms with van der Waals surface area (Å²) in [6.07, 6.45) is 1.22. The van der Waals surface area contributed by atoms with Crippen LogP contribution < -0.4 is 15.5 Å². The van der Waals surface area contributed by atoms with Crippen molar-refractivity contribution in [3.8, 4) is 0 Å². The van der Waals surface area contributed by atoms with Crippen LogP contribution in [0.1, 0.15) is 19.0 Å². The zero-order valence-electron chi connectivity index (χ0n) is 12.7. The van der Waals surface area contributed by atoms with Gasteiger partial charge in [0.05, 0.1) is 12.1 Å². The van der Waals surface area contributed by atoms with Crippen LogP contribution in [0.3, 0.4) is 0 Å². The summed E-state index contributed by atoms with van der Waals surface area (Å²) in [5.41, 5.74) is 0.745. The van der Waals surface area contributed by atoms with E-state index in [0.29, 0.717) is 24.6 Å². The van der Waals surface area contributed by atoms with Crippen molar-refractivity contribution in [2.24, 2.45) is 0 Å². The maximum absolute atomic E-state index is 12.4. The fourth-order valence-corrected chi connectivity index (χ4v) is 3.63. The number of piperazine rings is 1. The predicted octanol–water partition coefficient (Wildman–Crippen LogP) is 0.426. The highest BCUT2D eigenvalue weighted by Gasteiger charge is 2.25. The molecule has 7 nitrogen and oxygen atoms in total. The SMILES string of the molecule is C[C@@H]1CNCCN1C(=O)Cc1csc(N2CCCNC2=O)n1. The minimum Gasteiger partial charge on any atom is -0.338 e. The highest BCUT2D eigenvalue weighted by atomic mass is 32.1. The molecule has 0 aromatic carbocycles. The average molecular weight is 323 g/mol. The Morgan fingerprint density at radius 1 is 1.45 bits per heavy atom. The third-order valence-electron chi connectivity index (χ3n) is 4.00. The van der Waals surface area contributed by atoms with Gasteiger partial charge in [-0.15, -0.1) is 11.3 Å². The standard InChI is InChI=1S/C14H21N5O2S/c1-10-8-15-4-6-18(10)12(20)7-11-9-22-14(17-11)19-5-2-3-16-13(19)21/h9-10,15H,2-8H2,1H3,(H,16,21)/t10-/m1/s1. The summed E-state index contributed by atoms with van der Waals surface area (Å²) in [7, 11) is 0. The number of rotatable bonds is 3. The van der Waals surface area contributed by atoms with Gasteiger partial charge < -0.3 is 15.5 Å². The molecule has 1 atom stereocenters. The molecule has 0 bridgehead atoms. The fraction of sp³-hybridized carbons (Fsp3) is 0.643. The number of hydrogen-bond donors (Lipinski definition) is 2. The molecule has 0 unspecified atom stereocenters. The van der Waals surface area contributed by atoms with Crippen molar-refractivity contribution >= 4 is 28.4 Å². The van der Waals surface area contributed by atoms with Gasteiger partial charge in [0.2, 0.25) is 5.91 Å². The number of hydrogen-bond acceptors (Lipinski definition) is 5. The lowest BCUT2D eigenvalue weighted by molar-refractivity contribution is -0.133. The number of nitrogens with one attached hydrogen (secondary N) is 2. The fourth-order valence-electron chi connectivity index (χ4n) is 2.78. The van der Waals surface area contributed by atoms with Gasteiger partial charge in [-0.25, -0.2) is 9.78 Å². The number of nitrogens with zero attached hydrogens (tertiary/aromatic N) is 3. The Hall–Kier alpha value is -1.67. The van der Waals surface area contributed by atoms with Crippen molar-refractivity contribution in [3.05, 3.63) is 11.1 Å². The second kappa shape index (κ2) is 6.62. The molecule has 3 rings (SSSR count). The molecule has 3 heterocycles. The molecule has 3 amide bonds. The second-order valence-electron chi connectivity index (χ2n) is 5.68.